The molecule has 0 aliphatic rings. The summed E-state index contributed by atoms with van der Waals surface area (Å²) in [4.78, 5) is 19.2. The molecule has 19 heavy (non-hydrogen) atoms. The number of H-pyrrole nitrogens is 1. The number of carbonyl (C=O) groups is 1. The van der Waals surface area contributed by atoms with Crippen LogP contribution < -0.4 is 10.7 Å². The quantitative estimate of drug-likeness (QED) is 0.382. The van der Waals surface area contributed by atoms with Gasteiger partial charge < -0.3 is 10.6 Å². The summed E-state index contributed by atoms with van der Waals surface area (Å²) in [6.45, 7) is 0. The molecule has 96 valence electrons. The highest BCUT2D eigenvalue weighted by Gasteiger charge is 2.08. The molecule has 2 aromatic rings. The Morgan fingerprint density at radius 1 is 1.16 bits per heavy atom. The molecule has 0 saturated heterocycles. The highest BCUT2D eigenvalue weighted by atomic mass is 16.7. The minimum Gasteiger partial charge on any atom is -0.375 e. The number of nitrogens with zero attached hydrogens (tertiary/aromatic N) is 1. The lowest BCUT2D eigenvalue weighted by Crippen LogP contribution is -2.24. The maximum atomic E-state index is 11.6. The Hall–Kier alpha value is -2.69. The summed E-state index contributed by atoms with van der Waals surface area (Å²) in [5, 5.41) is 3.60. The fraction of sp³-hybridized carbons (Fsp3) is 0.0714. The first kappa shape index (κ1) is 12.8. The van der Waals surface area contributed by atoms with Gasteiger partial charge in [-0.15, -0.1) is 0 Å². The third-order valence-electron chi connectivity index (χ3n) is 2.42. The Kier molecular flexibility index (Phi) is 4.23. The number of rotatable bonds is 4. The topological polar surface area (TPSA) is 78.8 Å². The zero-order valence-electron chi connectivity index (χ0n) is 10.2. The van der Waals surface area contributed by atoms with Crippen LogP contribution in [-0.4, -0.2) is 11.8 Å². The number of pyridine rings is 1. The molecule has 0 saturated carbocycles. The fourth-order valence-corrected chi connectivity index (χ4v) is 1.50. The second-order valence-corrected chi connectivity index (χ2v) is 3.88. The smallest absolute Gasteiger partial charge is 0.339 e. The Bertz CT molecular complexity index is 568. The minimum atomic E-state index is -0.454. The maximum Gasteiger partial charge on any atom is 0.339 e. The highest BCUT2D eigenvalue weighted by molar-refractivity contribution is 5.94. The van der Waals surface area contributed by atoms with E-state index in [1.54, 1.807) is 18.3 Å². The number of hydrogen-bond donors (Lipinski definition) is 1. The van der Waals surface area contributed by atoms with E-state index in [1.807, 2.05) is 36.4 Å². The molecule has 0 spiro atoms. The number of aromatic amines is 1. The van der Waals surface area contributed by atoms with Gasteiger partial charge in [-0.1, -0.05) is 35.5 Å². The molecular weight excluding hydrogens is 242 g/mol. The van der Waals surface area contributed by atoms with Gasteiger partial charge in [0.05, 0.1) is 6.42 Å². The molecule has 1 aromatic heterocycles. The van der Waals surface area contributed by atoms with Crippen molar-refractivity contribution in [3.05, 3.63) is 66.0 Å². The van der Waals surface area contributed by atoms with Crippen LogP contribution in [0.3, 0.4) is 0 Å². The fourth-order valence-electron chi connectivity index (χ4n) is 1.50. The molecule has 0 aliphatic heterocycles. The van der Waals surface area contributed by atoms with Gasteiger partial charge in [-0.3, -0.25) is 0 Å². The standard InChI is InChI=1S/C14H13N3O2/c15-14(12-8-4-5-9-16-12)17-19-13(18)10-11-6-2-1-3-7-11/h1-9H,10H2,(H2,15,17)/p+1. The highest BCUT2D eigenvalue weighted by Crippen LogP contribution is 2.01. The predicted molar refractivity (Wildman–Crippen MR) is 70.0 cm³/mol. The van der Waals surface area contributed by atoms with Crippen molar-refractivity contribution in [3.8, 4) is 0 Å². The average Bonchev–Trinajstić information content (AvgIpc) is 2.47. The summed E-state index contributed by atoms with van der Waals surface area (Å²) in [7, 11) is 0. The molecule has 1 aromatic carbocycles. The predicted octanol–water partition coefficient (Wildman–Crippen LogP) is 0.907. The zero-order chi connectivity index (χ0) is 13.5. The maximum absolute atomic E-state index is 11.6. The monoisotopic (exact) mass is 256 g/mol. The molecule has 0 fully saturated rings. The zero-order valence-corrected chi connectivity index (χ0v) is 10.2. The van der Waals surface area contributed by atoms with E-state index in [0.717, 1.165) is 5.56 Å². The summed E-state index contributed by atoms with van der Waals surface area (Å²) in [5.74, 6) is -0.327. The number of aromatic nitrogens is 1. The molecule has 0 atom stereocenters. The third kappa shape index (κ3) is 3.92. The van der Waals surface area contributed by atoms with Gasteiger partial charge in [0.2, 0.25) is 11.5 Å². The second-order valence-electron chi connectivity index (χ2n) is 3.88. The molecule has 5 nitrogen and oxygen atoms in total. The van der Waals surface area contributed by atoms with Gasteiger partial charge in [-0.25, -0.2) is 9.78 Å². The van der Waals surface area contributed by atoms with Crippen molar-refractivity contribution in [1.29, 1.82) is 0 Å². The molecule has 0 aliphatic carbocycles. The van der Waals surface area contributed by atoms with E-state index in [-0.39, 0.29) is 12.3 Å². The largest absolute Gasteiger partial charge is 0.375 e. The van der Waals surface area contributed by atoms with E-state index in [4.69, 9.17) is 10.6 Å². The van der Waals surface area contributed by atoms with Crippen LogP contribution >= 0.6 is 0 Å². The number of oxime groups is 1. The lowest BCUT2D eigenvalue weighted by molar-refractivity contribution is -0.380. The summed E-state index contributed by atoms with van der Waals surface area (Å²) < 4.78 is 0. The van der Waals surface area contributed by atoms with Crippen LogP contribution in [0.4, 0.5) is 0 Å². The number of nitrogens with two attached hydrogens (primary N) is 1. The van der Waals surface area contributed by atoms with Gasteiger partial charge in [0.25, 0.3) is 0 Å². The molecule has 3 N–H and O–H groups in total. The normalized spacial score (nSPS) is 11.1. The molecular formula is C14H14N3O2+. The van der Waals surface area contributed by atoms with Crippen molar-refractivity contribution in [2.24, 2.45) is 10.9 Å². The van der Waals surface area contributed by atoms with Crippen LogP contribution in [0.2, 0.25) is 0 Å². The number of amidine groups is 1. The van der Waals surface area contributed by atoms with Gasteiger partial charge in [0.15, 0.2) is 6.20 Å². The summed E-state index contributed by atoms with van der Waals surface area (Å²) in [5.41, 5.74) is 7.14. The van der Waals surface area contributed by atoms with Gasteiger partial charge >= 0.3 is 5.97 Å². The van der Waals surface area contributed by atoms with Crippen LogP contribution in [0.25, 0.3) is 0 Å². The van der Waals surface area contributed by atoms with Gasteiger partial charge in [-0.2, -0.15) is 0 Å². The Morgan fingerprint density at radius 3 is 2.58 bits per heavy atom. The number of benzene rings is 1. The molecule has 2 rings (SSSR count). The Labute approximate surface area is 110 Å². The molecule has 0 unspecified atom stereocenters. The van der Waals surface area contributed by atoms with Gasteiger partial charge in [0, 0.05) is 12.1 Å². The lowest BCUT2D eigenvalue weighted by Gasteiger charge is -1.99. The van der Waals surface area contributed by atoms with E-state index in [0.29, 0.717) is 5.69 Å². The number of hydrogen-bond acceptors (Lipinski definition) is 3. The van der Waals surface area contributed by atoms with Crippen molar-refractivity contribution in [2.45, 2.75) is 6.42 Å². The summed E-state index contributed by atoms with van der Waals surface area (Å²) >= 11 is 0. The Morgan fingerprint density at radius 2 is 1.89 bits per heavy atom. The van der Waals surface area contributed by atoms with Gasteiger partial charge in [0.1, 0.15) is 0 Å². The summed E-state index contributed by atoms with van der Waals surface area (Å²) in [6.07, 6.45) is 1.87. The van der Waals surface area contributed by atoms with E-state index < -0.39 is 5.97 Å². The van der Waals surface area contributed by atoms with Crippen LogP contribution in [0.15, 0.2) is 59.9 Å². The number of nitrogens with one attached hydrogen (secondary N) is 1. The van der Waals surface area contributed by atoms with E-state index in [2.05, 4.69) is 10.1 Å². The SMILES string of the molecule is NC(=NOC(=O)Cc1ccccc1)c1cccc[nH+]1. The van der Waals surface area contributed by atoms with Crippen molar-refractivity contribution in [1.82, 2.24) is 0 Å². The van der Waals surface area contributed by atoms with Crippen LogP contribution in [0, 0.1) is 0 Å². The van der Waals surface area contributed by atoms with E-state index in [9.17, 15) is 4.79 Å². The van der Waals surface area contributed by atoms with Crippen molar-refractivity contribution in [3.63, 3.8) is 0 Å². The van der Waals surface area contributed by atoms with Gasteiger partial charge in [-0.05, 0) is 11.6 Å². The van der Waals surface area contributed by atoms with Crippen LogP contribution in [0.5, 0.6) is 0 Å². The number of carbonyl (C=O) groups excluding carboxylic acids is 1. The van der Waals surface area contributed by atoms with Crippen LogP contribution in [0.1, 0.15) is 11.3 Å². The lowest BCUT2D eigenvalue weighted by atomic mass is 10.2. The molecule has 0 radical (unpaired) electrons. The molecule has 5 heteroatoms. The molecule has 0 amide bonds. The molecule has 0 bridgehead atoms. The first-order valence-electron chi connectivity index (χ1n) is 5.80. The molecule has 1 heterocycles. The third-order valence-corrected chi connectivity index (χ3v) is 2.42. The Balaban J connectivity index is 1.93. The summed E-state index contributed by atoms with van der Waals surface area (Å²) in [6, 6.07) is 14.7. The minimum absolute atomic E-state index is 0.127. The second kappa shape index (κ2) is 6.30. The first-order chi connectivity index (χ1) is 9.25. The van der Waals surface area contributed by atoms with Crippen molar-refractivity contribution >= 4 is 11.8 Å². The van der Waals surface area contributed by atoms with Crippen molar-refractivity contribution < 1.29 is 14.6 Å². The van der Waals surface area contributed by atoms with E-state index >= 15 is 0 Å². The van der Waals surface area contributed by atoms with Crippen molar-refractivity contribution in [2.75, 3.05) is 0 Å². The first-order valence-corrected chi connectivity index (χ1v) is 5.80. The van der Waals surface area contributed by atoms with E-state index in [1.165, 1.54) is 0 Å². The average molecular weight is 256 g/mol. The van der Waals surface area contributed by atoms with Crippen LogP contribution in [-0.2, 0) is 16.1 Å².